The molecule has 1 aromatic rings. The van der Waals surface area contributed by atoms with Crippen molar-refractivity contribution in [2.75, 3.05) is 0 Å². The molecule has 0 saturated carbocycles. The molecule has 1 heteroatoms. The lowest BCUT2D eigenvalue weighted by molar-refractivity contribution is 0.584. The van der Waals surface area contributed by atoms with Gasteiger partial charge in [0.15, 0.2) is 0 Å². The Balaban J connectivity index is 2.61. The van der Waals surface area contributed by atoms with Gasteiger partial charge in [-0.3, -0.25) is 0 Å². The van der Waals surface area contributed by atoms with Gasteiger partial charge in [-0.1, -0.05) is 56.8 Å². The lowest BCUT2D eigenvalue weighted by Gasteiger charge is -2.26. The highest BCUT2D eigenvalue weighted by Crippen LogP contribution is 2.53. The maximum absolute atomic E-state index is 5.99. The van der Waals surface area contributed by atoms with Crippen LogP contribution in [0.3, 0.4) is 0 Å². The molecule has 0 aromatic heterocycles. The van der Waals surface area contributed by atoms with Gasteiger partial charge in [-0.05, 0) is 59.4 Å². The summed E-state index contributed by atoms with van der Waals surface area (Å²) >= 11 is 5.99. The van der Waals surface area contributed by atoms with E-state index in [4.69, 9.17) is 11.6 Å². The summed E-state index contributed by atoms with van der Waals surface area (Å²) in [6.45, 7) is 17.0. The second kappa shape index (κ2) is 5.10. The van der Waals surface area contributed by atoms with Crippen molar-refractivity contribution in [3.63, 3.8) is 0 Å². The van der Waals surface area contributed by atoms with Crippen molar-refractivity contribution in [2.45, 2.75) is 27.7 Å². The fourth-order valence-electron chi connectivity index (χ4n) is 3.00. The van der Waals surface area contributed by atoms with E-state index in [1.807, 2.05) is 12.1 Å². The van der Waals surface area contributed by atoms with Gasteiger partial charge in [0.1, 0.15) is 0 Å². The van der Waals surface area contributed by atoms with Crippen LogP contribution < -0.4 is 0 Å². The number of rotatable bonds is 2. The molecule has 0 heterocycles. The number of halogens is 1. The number of hydrogen-bond donors (Lipinski definition) is 0. The van der Waals surface area contributed by atoms with E-state index < -0.39 is 0 Å². The smallest absolute Gasteiger partial charge is 0.0406 e. The predicted octanol–water partition coefficient (Wildman–Crippen LogP) is 6.21. The lowest BCUT2D eigenvalue weighted by Crippen LogP contribution is -2.14. The Morgan fingerprint density at radius 2 is 1.70 bits per heavy atom. The standard InChI is InChI=1S/C19H21Cl/c1-7-17(15-8-10-16(20)11-9-15)18-13(3)12(2)14(4)19(18,5)6/h7-11H,2,4H2,1,3,5-6H3. The minimum Gasteiger partial charge on any atom is -0.0944 e. The lowest BCUT2D eigenvalue weighted by atomic mass is 9.77. The first-order valence-electron chi connectivity index (χ1n) is 6.83. The van der Waals surface area contributed by atoms with Crippen LogP contribution >= 0.6 is 11.6 Å². The van der Waals surface area contributed by atoms with E-state index in [1.165, 1.54) is 22.3 Å². The van der Waals surface area contributed by atoms with Gasteiger partial charge < -0.3 is 0 Å². The van der Waals surface area contributed by atoms with E-state index in [0.29, 0.717) is 0 Å². The topological polar surface area (TPSA) is 0 Å². The van der Waals surface area contributed by atoms with Gasteiger partial charge >= 0.3 is 0 Å². The van der Waals surface area contributed by atoms with Crippen molar-refractivity contribution in [1.29, 1.82) is 0 Å². The Hall–Kier alpha value is -1.53. The molecular weight excluding hydrogens is 264 g/mol. The summed E-state index contributed by atoms with van der Waals surface area (Å²) in [7, 11) is 0. The third-order valence-corrected chi connectivity index (χ3v) is 4.54. The molecule has 0 fully saturated rings. The molecule has 0 bridgehead atoms. The molecule has 0 unspecified atom stereocenters. The summed E-state index contributed by atoms with van der Waals surface area (Å²) in [5.74, 6) is 0. The van der Waals surface area contributed by atoms with Crippen LogP contribution in [0.4, 0.5) is 0 Å². The Bertz CT molecular complexity index is 637. The molecule has 1 aliphatic carbocycles. The second-order valence-corrected chi connectivity index (χ2v) is 6.23. The average molecular weight is 285 g/mol. The number of benzene rings is 1. The van der Waals surface area contributed by atoms with E-state index in [9.17, 15) is 0 Å². The first-order chi connectivity index (χ1) is 9.30. The van der Waals surface area contributed by atoms with Gasteiger partial charge in [-0.25, -0.2) is 0 Å². The largest absolute Gasteiger partial charge is 0.0944 e. The van der Waals surface area contributed by atoms with Crippen molar-refractivity contribution in [3.05, 3.63) is 76.4 Å². The van der Waals surface area contributed by atoms with Crippen molar-refractivity contribution in [1.82, 2.24) is 0 Å². The van der Waals surface area contributed by atoms with Crippen LogP contribution in [0, 0.1) is 5.41 Å². The quantitative estimate of drug-likeness (QED) is 0.605. The highest BCUT2D eigenvalue weighted by atomic mass is 35.5. The monoisotopic (exact) mass is 284 g/mol. The zero-order valence-electron chi connectivity index (χ0n) is 12.7. The summed E-state index contributed by atoms with van der Waals surface area (Å²) in [6.07, 6.45) is 2.16. The van der Waals surface area contributed by atoms with E-state index in [2.05, 4.69) is 59.1 Å². The first-order valence-corrected chi connectivity index (χ1v) is 7.21. The minimum absolute atomic E-state index is 0.0807. The van der Waals surface area contributed by atoms with Gasteiger partial charge in [0.2, 0.25) is 0 Å². The molecule has 0 spiro atoms. The van der Waals surface area contributed by atoms with Gasteiger partial charge in [-0.15, -0.1) is 0 Å². The van der Waals surface area contributed by atoms with E-state index in [1.54, 1.807) is 0 Å². The molecule has 0 radical (unpaired) electrons. The summed E-state index contributed by atoms with van der Waals surface area (Å²) in [6, 6.07) is 8.00. The van der Waals surface area contributed by atoms with Crippen LogP contribution in [-0.2, 0) is 0 Å². The fourth-order valence-corrected chi connectivity index (χ4v) is 3.12. The Kier molecular flexibility index (Phi) is 3.80. The second-order valence-electron chi connectivity index (χ2n) is 5.79. The summed E-state index contributed by atoms with van der Waals surface area (Å²) < 4.78 is 0. The molecule has 20 heavy (non-hydrogen) atoms. The highest BCUT2D eigenvalue weighted by Gasteiger charge is 2.38. The molecule has 104 valence electrons. The van der Waals surface area contributed by atoms with Crippen molar-refractivity contribution >= 4 is 17.2 Å². The van der Waals surface area contributed by atoms with Gasteiger partial charge in [0.05, 0.1) is 0 Å². The first kappa shape index (κ1) is 14.9. The fraction of sp³-hybridized carbons (Fsp3) is 0.263. The molecular formula is C19H21Cl. The van der Waals surface area contributed by atoms with Gasteiger partial charge in [-0.2, -0.15) is 0 Å². The Morgan fingerprint density at radius 1 is 1.15 bits per heavy atom. The Labute approximate surface area is 127 Å². The minimum atomic E-state index is -0.0807. The molecule has 0 aliphatic heterocycles. The van der Waals surface area contributed by atoms with Crippen LogP contribution in [0.25, 0.3) is 5.57 Å². The molecule has 0 nitrogen and oxygen atoms in total. The highest BCUT2D eigenvalue weighted by molar-refractivity contribution is 6.30. The third-order valence-electron chi connectivity index (χ3n) is 4.28. The van der Waals surface area contributed by atoms with Crippen molar-refractivity contribution in [2.24, 2.45) is 5.41 Å². The molecule has 1 aliphatic rings. The van der Waals surface area contributed by atoms with Crippen LogP contribution in [-0.4, -0.2) is 0 Å². The predicted molar refractivity (Wildman–Crippen MR) is 89.9 cm³/mol. The zero-order chi connectivity index (χ0) is 15.1. The number of allylic oxidation sites excluding steroid dienone is 6. The molecule has 1 aromatic carbocycles. The average Bonchev–Trinajstić information content (AvgIpc) is 2.56. The van der Waals surface area contributed by atoms with Crippen molar-refractivity contribution < 1.29 is 0 Å². The normalized spacial score (nSPS) is 18.9. The zero-order valence-corrected chi connectivity index (χ0v) is 13.4. The third kappa shape index (κ3) is 2.19. The maximum Gasteiger partial charge on any atom is 0.0406 e. The number of hydrogen-bond acceptors (Lipinski definition) is 0. The molecule has 0 atom stereocenters. The SMILES string of the molecule is C=C1C(=C)C(C)(C)C(C(=CC)c2ccc(Cl)cc2)=C1C. The van der Waals surface area contributed by atoms with Crippen LogP contribution in [0.15, 0.2) is 65.8 Å². The van der Waals surface area contributed by atoms with Crippen LogP contribution in [0.1, 0.15) is 33.3 Å². The maximum atomic E-state index is 5.99. The molecule has 0 saturated heterocycles. The molecule has 0 N–H and O–H groups in total. The summed E-state index contributed by atoms with van der Waals surface area (Å²) in [5, 5.41) is 0.759. The van der Waals surface area contributed by atoms with Gasteiger partial charge in [0.25, 0.3) is 0 Å². The van der Waals surface area contributed by atoms with Crippen molar-refractivity contribution in [3.8, 4) is 0 Å². The molecule has 0 amide bonds. The van der Waals surface area contributed by atoms with Crippen LogP contribution in [0.2, 0.25) is 5.02 Å². The van der Waals surface area contributed by atoms with Gasteiger partial charge in [0, 0.05) is 10.4 Å². The summed E-state index contributed by atoms with van der Waals surface area (Å²) in [4.78, 5) is 0. The molecule has 2 rings (SSSR count). The van der Waals surface area contributed by atoms with E-state index in [0.717, 1.165) is 16.2 Å². The Morgan fingerprint density at radius 3 is 2.10 bits per heavy atom. The van der Waals surface area contributed by atoms with Crippen LogP contribution in [0.5, 0.6) is 0 Å². The van der Waals surface area contributed by atoms with E-state index >= 15 is 0 Å². The summed E-state index contributed by atoms with van der Waals surface area (Å²) in [5.41, 5.74) is 7.07. The van der Waals surface area contributed by atoms with E-state index in [-0.39, 0.29) is 5.41 Å².